The first-order valence-electron chi connectivity index (χ1n) is 8.76. The van der Waals surface area contributed by atoms with E-state index in [0.717, 1.165) is 48.4 Å². The predicted molar refractivity (Wildman–Crippen MR) is 94.6 cm³/mol. The van der Waals surface area contributed by atoms with E-state index in [0.29, 0.717) is 13.2 Å². The lowest BCUT2D eigenvalue weighted by molar-refractivity contribution is 0.0626. The van der Waals surface area contributed by atoms with E-state index in [1.54, 1.807) is 11.9 Å². The third kappa shape index (κ3) is 3.14. The topological polar surface area (TPSA) is 54.9 Å². The zero-order valence-corrected chi connectivity index (χ0v) is 14.7. The summed E-state index contributed by atoms with van der Waals surface area (Å²) >= 11 is 0. The summed E-state index contributed by atoms with van der Waals surface area (Å²) in [6.45, 7) is 5.78. The van der Waals surface area contributed by atoms with Gasteiger partial charge in [0, 0.05) is 38.5 Å². The lowest BCUT2D eigenvalue weighted by Gasteiger charge is -2.21. The quantitative estimate of drug-likeness (QED) is 0.856. The second kappa shape index (κ2) is 6.19. The first-order chi connectivity index (χ1) is 12.1. The van der Waals surface area contributed by atoms with Gasteiger partial charge in [-0.15, -0.1) is 0 Å². The lowest BCUT2D eigenvalue weighted by Crippen LogP contribution is -2.37. The second-order valence-corrected chi connectivity index (χ2v) is 6.96. The maximum Gasteiger partial charge on any atom is 0.410 e. The van der Waals surface area contributed by atoms with Crippen LogP contribution >= 0.6 is 0 Å². The van der Waals surface area contributed by atoms with Crippen molar-refractivity contribution in [2.75, 3.05) is 33.3 Å². The highest BCUT2D eigenvalue weighted by molar-refractivity contribution is 5.80. The van der Waals surface area contributed by atoms with E-state index < -0.39 is 0 Å². The van der Waals surface area contributed by atoms with Crippen LogP contribution in [0.3, 0.4) is 0 Å². The zero-order chi connectivity index (χ0) is 17.4. The number of ether oxygens (including phenoxy) is 2. The Morgan fingerprint density at radius 3 is 2.92 bits per heavy atom. The molecule has 1 atom stereocenters. The summed E-state index contributed by atoms with van der Waals surface area (Å²) in [5, 5.41) is 1.08. The average Bonchev–Trinajstić information content (AvgIpc) is 3.10. The molecule has 2 saturated heterocycles. The minimum absolute atomic E-state index is 0.212. The van der Waals surface area contributed by atoms with Crippen LogP contribution in [-0.2, 0) is 11.3 Å². The minimum Gasteiger partial charge on any atom is -0.494 e. The number of pyridine rings is 1. The van der Waals surface area contributed by atoms with Gasteiger partial charge in [-0.2, -0.15) is 0 Å². The van der Waals surface area contributed by atoms with Gasteiger partial charge in [-0.1, -0.05) is 6.07 Å². The Morgan fingerprint density at radius 2 is 2.16 bits per heavy atom. The van der Waals surface area contributed by atoms with Crippen molar-refractivity contribution in [2.45, 2.75) is 25.5 Å². The van der Waals surface area contributed by atoms with Gasteiger partial charge < -0.3 is 14.4 Å². The number of fused-ring (bicyclic) bond motifs is 1. The fraction of sp³-hybridized carbons (Fsp3) is 0.474. The molecule has 6 nitrogen and oxygen atoms in total. The van der Waals surface area contributed by atoms with Crippen LogP contribution in [0.15, 0.2) is 30.3 Å². The minimum atomic E-state index is -0.338. The Morgan fingerprint density at radius 1 is 1.28 bits per heavy atom. The molecule has 2 fully saturated rings. The summed E-state index contributed by atoms with van der Waals surface area (Å²) in [6.07, 6.45) is 0.671. The predicted octanol–water partition coefficient (Wildman–Crippen LogP) is 2.66. The van der Waals surface area contributed by atoms with Gasteiger partial charge in [0.05, 0.1) is 24.4 Å². The number of likely N-dealkylation sites (N-methyl/N-ethyl adjacent to an activating group) is 1. The number of benzene rings is 1. The van der Waals surface area contributed by atoms with Crippen LogP contribution in [0.5, 0.6) is 5.75 Å². The van der Waals surface area contributed by atoms with Gasteiger partial charge in [0.25, 0.3) is 0 Å². The lowest BCUT2D eigenvalue weighted by atomic mass is 10.0. The molecule has 0 radical (unpaired) electrons. The smallest absolute Gasteiger partial charge is 0.410 e. The second-order valence-electron chi connectivity index (χ2n) is 6.96. The maximum atomic E-state index is 11.7. The van der Waals surface area contributed by atoms with Crippen LogP contribution < -0.4 is 4.74 Å². The Kier molecular flexibility index (Phi) is 4.00. The van der Waals surface area contributed by atoms with Crippen molar-refractivity contribution in [1.82, 2.24) is 14.8 Å². The van der Waals surface area contributed by atoms with Crippen LogP contribution in [0.25, 0.3) is 10.9 Å². The van der Waals surface area contributed by atoms with Gasteiger partial charge in [-0.05, 0) is 31.2 Å². The molecule has 1 aromatic carbocycles. The number of rotatable bonds is 4. The molecule has 6 heteroatoms. The molecule has 1 amide bonds. The van der Waals surface area contributed by atoms with E-state index in [2.05, 4.69) is 17.0 Å². The molecule has 2 aromatic rings. The third-order valence-corrected chi connectivity index (χ3v) is 4.95. The van der Waals surface area contributed by atoms with Crippen molar-refractivity contribution in [1.29, 1.82) is 0 Å². The molecule has 0 bridgehead atoms. The first-order valence-corrected chi connectivity index (χ1v) is 8.76. The van der Waals surface area contributed by atoms with Gasteiger partial charge in [-0.25, -0.2) is 4.79 Å². The molecule has 25 heavy (non-hydrogen) atoms. The highest BCUT2D eigenvalue weighted by Gasteiger charge is 2.48. The van der Waals surface area contributed by atoms with Gasteiger partial charge in [0.15, 0.2) is 0 Å². The van der Waals surface area contributed by atoms with Crippen LogP contribution in [0.4, 0.5) is 4.79 Å². The van der Waals surface area contributed by atoms with Crippen LogP contribution in [-0.4, -0.2) is 59.8 Å². The molecule has 4 rings (SSSR count). The molecule has 0 N–H and O–H groups in total. The normalized spacial score (nSPS) is 23.6. The number of amides is 1. The van der Waals surface area contributed by atoms with Gasteiger partial charge in [-0.3, -0.25) is 9.88 Å². The summed E-state index contributed by atoms with van der Waals surface area (Å²) in [5.41, 5.74) is 1.67. The van der Waals surface area contributed by atoms with E-state index >= 15 is 0 Å². The largest absolute Gasteiger partial charge is 0.494 e. The summed E-state index contributed by atoms with van der Waals surface area (Å²) in [6, 6.07) is 10.1. The summed E-state index contributed by atoms with van der Waals surface area (Å²) in [4.78, 5) is 20.4. The molecule has 1 aromatic heterocycles. The summed E-state index contributed by atoms with van der Waals surface area (Å²) < 4.78 is 11.1. The molecule has 0 saturated carbocycles. The number of hydrogen-bond acceptors (Lipinski definition) is 5. The van der Waals surface area contributed by atoms with Crippen LogP contribution in [0.1, 0.15) is 19.0 Å². The number of nitrogens with zero attached hydrogens (tertiary/aromatic N) is 3. The monoisotopic (exact) mass is 341 g/mol. The van der Waals surface area contributed by atoms with E-state index in [1.165, 1.54) is 0 Å². The molecule has 2 aliphatic heterocycles. The Balaban J connectivity index is 1.46. The number of carbonyl (C=O) groups is 1. The standard InChI is InChI=1S/C19H23N3O3/c1-3-24-16-6-7-17-14(10-16)4-5-15(20-17)11-22-9-8-19(13-22)12-21(2)18(23)25-19/h4-7,10H,3,8-9,11-13H2,1-2H3. The van der Waals surface area contributed by atoms with E-state index in [1.807, 2.05) is 25.1 Å². The molecule has 132 valence electrons. The summed E-state index contributed by atoms with van der Waals surface area (Å²) in [7, 11) is 1.79. The van der Waals surface area contributed by atoms with E-state index in [-0.39, 0.29) is 11.7 Å². The maximum absolute atomic E-state index is 11.7. The number of aromatic nitrogens is 1. The third-order valence-electron chi connectivity index (χ3n) is 4.95. The number of likely N-dealkylation sites (tertiary alicyclic amines) is 1. The molecule has 1 spiro atoms. The van der Waals surface area contributed by atoms with E-state index in [4.69, 9.17) is 14.5 Å². The number of carbonyl (C=O) groups excluding carboxylic acids is 1. The van der Waals surface area contributed by atoms with Gasteiger partial charge in [0.2, 0.25) is 0 Å². The molecule has 2 aliphatic rings. The van der Waals surface area contributed by atoms with Crippen molar-refractivity contribution >= 4 is 17.0 Å². The van der Waals surface area contributed by atoms with Gasteiger partial charge in [0.1, 0.15) is 11.4 Å². The molecule has 0 aliphatic carbocycles. The van der Waals surface area contributed by atoms with Crippen molar-refractivity contribution in [2.24, 2.45) is 0 Å². The summed E-state index contributed by atoms with van der Waals surface area (Å²) in [5.74, 6) is 0.873. The molecular weight excluding hydrogens is 318 g/mol. The fourth-order valence-corrected chi connectivity index (χ4v) is 3.79. The Bertz CT molecular complexity index is 810. The SMILES string of the molecule is CCOc1ccc2nc(CN3CCC4(C3)CN(C)C(=O)O4)ccc2c1. The fourth-order valence-electron chi connectivity index (χ4n) is 3.79. The van der Waals surface area contributed by atoms with Crippen LogP contribution in [0, 0.1) is 0 Å². The molecule has 1 unspecified atom stereocenters. The van der Waals surface area contributed by atoms with Gasteiger partial charge >= 0.3 is 6.09 Å². The average molecular weight is 341 g/mol. The Labute approximate surface area is 147 Å². The highest BCUT2D eigenvalue weighted by atomic mass is 16.6. The van der Waals surface area contributed by atoms with Crippen molar-refractivity contribution in [3.05, 3.63) is 36.0 Å². The van der Waals surface area contributed by atoms with Crippen LogP contribution in [0.2, 0.25) is 0 Å². The van der Waals surface area contributed by atoms with Crippen molar-refractivity contribution < 1.29 is 14.3 Å². The highest BCUT2D eigenvalue weighted by Crippen LogP contribution is 2.32. The zero-order valence-electron chi connectivity index (χ0n) is 14.7. The van der Waals surface area contributed by atoms with Crippen molar-refractivity contribution in [3.8, 4) is 5.75 Å². The molecular formula is C19H23N3O3. The van der Waals surface area contributed by atoms with Crippen molar-refractivity contribution in [3.63, 3.8) is 0 Å². The Hall–Kier alpha value is -2.34. The first kappa shape index (κ1) is 16.1. The number of hydrogen-bond donors (Lipinski definition) is 0. The van der Waals surface area contributed by atoms with E-state index in [9.17, 15) is 4.79 Å². The molecule has 3 heterocycles.